The monoisotopic (exact) mass is 456 g/mol. The molecule has 0 amide bonds. The summed E-state index contributed by atoms with van der Waals surface area (Å²) in [5, 5.41) is 2.09. The van der Waals surface area contributed by atoms with Crippen LogP contribution in [0, 0.1) is 5.92 Å². The Morgan fingerprint density at radius 3 is 2.77 bits per heavy atom. The van der Waals surface area contributed by atoms with Crippen molar-refractivity contribution in [3.05, 3.63) is 40.0 Å². The molecule has 0 saturated carbocycles. The Bertz CT molecular complexity index is 1120. The fourth-order valence-electron chi connectivity index (χ4n) is 3.93. The largest absolute Gasteiger partial charge is 0.497 e. The molecule has 0 spiro atoms. The van der Waals surface area contributed by atoms with E-state index in [1.165, 1.54) is 28.6 Å². The van der Waals surface area contributed by atoms with E-state index in [9.17, 15) is 4.79 Å². The van der Waals surface area contributed by atoms with E-state index in [1.54, 1.807) is 43.8 Å². The van der Waals surface area contributed by atoms with Crippen molar-refractivity contribution in [2.75, 3.05) is 20.0 Å². The number of carbonyl (C=O) groups excluding carboxylic acids is 1. The molecule has 3 aromatic rings. The lowest BCUT2D eigenvalue weighted by atomic mass is 9.89. The zero-order chi connectivity index (χ0) is 22.1. The molecular formula is C24H28N2O3S2. The first kappa shape index (κ1) is 22.1. The van der Waals surface area contributed by atoms with Gasteiger partial charge in [-0.2, -0.15) is 0 Å². The number of hydrogen-bond acceptors (Lipinski definition) is 7. The van der Waals surface area contributed by atoms with Gasteiger partial charge in [-0.25, -0.2) is 9.97 Å². The van der Waals surface area contributed by atoms with Crippen molar-refractivity contribution in [3.63, 3.8) is 0 Å². The summed E-state index contributed by atoms with van der Waals surface area (Å²) in [6.07, 6.45) is 3.36. The van der Waals surface area contributed by atoms with E-state index in [-0.39, 0.29) is 17.5 Å². The number of ether oxygens (including phenoxy) is 2. The van der Waals surface area contributed by atoms with Crippen LogP contribution >= 0.6 is 23.1 Å². The molecule has 1 aromatic carbocycles. The molecule has 4 rings (SSSR count). The molecule has 0 aliphatic heterocycles. The standard InChI is InChI=1S/C24H28N2O3S2/c1-13(2)22-25-23(21-16-8-6-14(3)10-20(16)31-24(21)26-22)30-12-18(27)17-11-15(28-4)7-9-19(17)29-5/h7,9,11,13-14H,6,8,10,12H2,1-5H3. The summed E-state index contributed by atoms with van der Waals surface area (Å²) in [5.74, 6) is 3.26. The van der Waals surface area contributed by atoms with Crippen LogP contribution in [0.5, 0.6) is 11.5 Å². The topological polar surface area (TPSA) is 61.3 Å². The van der Waals surface area contributed by atoms with Crippen molar-refractivity contribution < 1.29 is 14.3 Å². The van der Waals surface area contributed by atoms with Gasteiger partial charge in [-0.1, -0.05) is 32.5 Å². The van der Waals surface area contributed by atoms with Gasteiger partial charge in [-0.05, 0) is 48.9 Å². The van der Waals surface area contributed by atoms with E-state index >= 15 is 0 Å². The van der Waals surface area contributed by atoms with E-state index in [4.69, 9.17) is 19.4 Å². The number of benzene rings is 1. The van der Waals surface area contributed by atoms with Gasteiger partial charge in [-0.3, -0.25) is 4.79 Å². The van der Waals surface area contributed by atoms with Gasteiger partial charge >= 0.3 is 0 Å². The van der Waals surface area contributed by atoms with E-state index in [2.05, 4.69) is 20.8 Å². The van der Waals surface area contributed by atoms with Gasteiger partial charge in [0, 0.05) is 16.2 Å². The van der Waals surface area contributed by atoms with Crippen molar-refractivity contribution in [1.82, 2.24) is 9.97 Å². The molecule has 1 aliphatic carbocycles. The number of carbonyl (C=O) groups is 1. The number of aromatic nitrogens is 2. The third kappa shape index (κ3) is 4.44. The van der Waals surface area contributed by atoms with Gasteiger partial charge in [-0.15, -0.1) is 11.3 Å². The molecule has 2 aromatic heterocycles. The van der Waals surface area contributed by atoms with Crippen molar-refractivity contribution in [3.8, 4) is 11.5 Å². The number of hydrogen-bond donors (Lipinski definition) is 0. The Hall–Kier alpha value is -2.12. The number of thioether (sulfide) groups is 1. The van der Waals surface area contributed by atoms with Gasteiger partial charge in [0.25, 0.3) is 0 Å². The lowest BCUT2D eigenvalue weighted by molar-refractivity contribution is 0.101. The first-order valence-electron chi connectivity index (χ1n) is 10.6. The summed E-state index contributed by atoms with van der Waals surface area (Å²) in [7, 11) is 3.17. The minimum atomic E-state index is -0.00340. The summed E-state index contributed by atoms with van der Waals surface area (Å²) in [4.78, 5) is 25.4. The maximum atomic E-state index is 13.1. The van der Waals surface area contributed by atoms with Crippen LogP contribution in [-0.4, -0.2) is 35.7 Å². The van der Waals surface area contributed by atoms with Crippen LogP contribution in [0.2, 0.25) is 0 Å². The van der Waals surface area contributed by atoms with Gasteiger partial charge < -0.3 is 9.47 Å². The highest BCUT2D eigenvalue weighted by Gasteiger charge is 2.25. The number of methoxy groups -OCH3 is 2. The van der Waals surface area contributed by atoms with E-state index in [1.807, 2.05) is 0 Å². The molecule has 0 saturated heterocycles. The third-order valence-corrected chi connectivity index (χ3v) is 7.83. The minimum Gasteiger partial charge on any atom is -0.497 e. The van der Waals surface area contributed by atoms with E-state index < -0.39 is 0 Å². The molecule has 5 nitrogen and oxygen atoms in total. The normalized spacial score (nSPS) is 15.9. The van der Waals surface area contributed by atoms with Crippen LogP contribution in [0.3, 0.4) is 0 Å². The first-order valence-corrected chi connectivity index (χ1v) is 12.4. The average molecular weight is 457 g/mol. The maximum Gasteiger partial charge on any atom is 0.176 e. The molecule has 1 atom stereocenters. The van der Waals surface area contributed by atoms with Crippen molar-refractivity contribution >= 4 is 39.1 Å². The highest BCUT2D eigenvalue weighted by molar-refractivity contribution is 8.00. The molecule has 164 valence electrons. The number of rotatable bonds is 7. The Kier molecular flexibility index (Phi) is 6.53. The number of fused-ring (bicyclic) bond motifs is 3. The Morgan fingerprint density at radius 2 is 2.06 bits per heavy atom. The molecular weight excluding hydrogens is 428 g/mol. The minimum absolute atomic E-state index is 0.00340. The van der Waals surface area contributed by atoms with Gasteiger partial charge in [0.1, 0.15) is 27.2 Å². The molecule has 2 heterocycles. The SMILES string of the molecule is COc1ccc(OC)c(C(=O)CSc2nc(C(C)C)nc3sc4c(c23)CCC(C)C4)c1. The average Bonchev–Trinajstić information content (AvgIpc) is 3.13. The van der Waals surface area contributed by atoms with Gasteiger partial charge in [0.2, 0.25) is 0 Å². The van der Waals surface area contributed by atoms with Crippen molar-refractivity contribution in [2.24, 2.45) is 5.92 Å². The molecule has 7 heteroatoms. The van der Waals surface area contributed by atoms with Crippen LogP contribution in [0.25, 0.3) is 10.2 Å². The van der Waals surface area contributed by atoms with Crippen LogP contribution in [0.1, 0.15) is 59.7 Å². The molecule has 0 N–H and O–H groups in total. The van der Waals surface area contributed by atoms with E-state index in [0.717, 1.165) is 33.9 Å². The fraction of sp³-hybridized carbons (Fsp3) is 0.458. The smallest absolute Gasteiger partial charge is 0.176 e. The number of nitrogens with zero attached hydrogens (tertiary/aromatic N) is 2. The highest BCUT2D eigenvalue weighted by Crippen LogP contribution is 2.41. The highest BCUT2D eigenvalue weighted by atomic mass is 32.2. The second-order valence-electron chi connectivity index (χ2n) is 8.35. The van der Waals surface area contributed by atoms with Crippen molar-refractivity contribution in [2.45, 2.75) is 51.0 Å². The Labute approximate surface area is 191 Å². The third-order valence-electron chi connectivity index (χ3n) is 5.70. The number of thiophene rings is 1. The molecule has 0 fully saturated rings. The lowest BCUT2D eigenvalue weighted by Crippen LogP contribution is -2.09. The molecule has 0 bridgehead atoms. The first-order chi connectivity index (χ1) is 14.9. The van der Waals surface area contributed by atoms with Crippen molar-refractivity contribution in [1.29, 1.82) is 0 Å². The van der Waals surface area contributed by atoms with Gasteiger partial charge in [0.05, 0.1) is 25.5 Å². The molecule has 31 heavy (non-hydrogen) atoms. The van der Waals surface area contributed by atoms with E-state index in [0.29, 0.717) is 23.0 Å². The maximum absolute atomic E-state index is 13.1. The number of ketones is 1. The predicted molar refractivity (Wildman–Crippen MR) is 127 cm³/mol. The summed E-state index contributed by atoms with van der Waals surface area (Å²) in [6, 6.07) is 5.31. The molecule has 0 radical (unpaired) electrons. The Morgan fingerprint density at radius 1 is 1.26 bits per heavy atom. The predicted octanol–water partition coefficient (Wildman–Crippen LogP) is 5.93. The fourth-order valence-corrected chi connectivity index (χ4v) is 6.33. The molecule has 1 unspecified atom stereocenters. The quantitative estimate of drug-likeness (QED) is 0.249. The zero-order valence-electron chi connectivity index (χ0n) is 18.7. The molecule has 1 aliphatic rings. The Balaban J connectivity index is 1.69. The lowest BCUT2D eigenvalue weighted by Gasteiger charge is -2.18. The summed E-state index contributed by atoms with van der Waals surface area (Å²) < 4.78 is 10.7. The van der Waals surface area contributed by atoms with Gasteiger partial charge in [0.15, 0.2) is 5.78 Å². The number of Topliss-reactive ketones (excluding diaryl/α,β-unsaturated/α-hetero) is 1. The zero-order valence-corrected chi connectivity index (χ0v) is 20.3. The second-order valence-corrected chi connectivity index (χ2v) is 10.4. The summed E-state index contributed by atoms with van der Waals surface area (Å²) in [6.45, 7) is 6.53. The second kappa shape index (κ2) is 9.17. The summed E-state index contributed by atoms with van der Waals surface area (Å²) in [5.41, 5.74) is 1.92. The van der Waals surface area contributed by atoms with Crippen LogP contribution in [0.4, 0.5) is 0 Å². The number of aryl methyl sites for hydroxylation is 1. The van der Waals surface area contributed by atoms with Crippen LogP contribution in [0.15, 0.2) is 23.2 Å². The summed E-state index contributed by atoms with van der Waals surface area (Å²) >= 11 is 3.31. The van der Waals surface area contributed by atoms with Crippen LogP contribution in [-0.2, 0) is 12.8 Å². The van der Waals surface area contributed by atoms with Crippen LogP contribution < -0.4 is 9.47 Å².